The SMILES string of the molecule is COc1cccc(CN=C[C@]23CC[C@H](O)C[C@]2(O)CC[C@@H]2[C@@H]3CC[C@]3(C)[C@H](C4=CC(=O)OC4)CC[C@@]23O)c1OC. The number of hydrogen-bond donors (Lipinski definition) is 3. The van der Waals surface area contributed by atoms with Gasteiger partial charge in [0.25, 0.3) is 0 Å². The molecule has 1 aromatic rings. The van der Waals surface area contributed by atoms with Crippen LogP contribution in [0, 0.1) is 28.6 Å². The number of hydrogen-bond acceptors (Lipinski definition) is 8. The molecule has 0 amide bonds. The Balaban J connectivity index is 1.35. The molecule has 0 saturated heterocycles. The summed E-state index contributed by atoms with van der Waals surface area (Å²) in [5, 5.41) is 35.4. The molecule has 4 saturated carbocycles. The first kappa shape index (κ1) is 27.7. The largest absolute Gasteiger partial charge is 0.493 e. The number of benzene rings is 1. The number of fused-ring (bicyclic) bond motifs is 5. The van der Waals surface area contributed by atoms with Gasteiger partial charge >= 0.3 is 5.97 Å². The summed E-state index contributed by atoms with van der Waals surface area (Å²) >= 11 is 0. The topological polar surface area (TPSA) is 118 Å². The minimum absolute atomic E-state index is 0.00296. The van der Waals surface area contributed by atoms with Gasteiger partial charge in [0.2, 0.25) is 0 Å². The van der Waals surface area contributed by atoms with E-state index in [9.17, 15) is 20.1 Å². The fourth-order valence-electron chi connectivity index (χ4n) is 9.75. The Bertz CT molecular complexity index is 1230. The van der Waals surface area contributed by atoms with Crippen molar-refractivity contribution in [2.24, 2.45) is 33.6 Å². The number of rotatable bonds is 6. The third-order valence-electron chi connectivity index (χ3n) is 11.7. The van der Waals surface area contributed by atoms with Gasteiger partial charge in [0, 0.05) is 35.1 Å². The van der Waals surface area contributed by atoms with Crippen molar-refractivity contribution in [2.75, 3.05) is 20.8 Å². The first-order valence-corrected chi connectivity index (χ1v) is 14.8. The standard InChI is InChI=1S/C32H43NO7/c1-29-11-8-24-25(32(29,37)14-10-23(29)21-15-27(35)40-18-21)9-13-31(36)16-22(34)7-12-30(24,31)19-33-17-20-5-4-6-26(38-2)28(20)39-3/h4-6,15,19,22-25,34,36-37H,7-14,16-18H2,1-3H3/t22-,23-,24-,25+,29+,30-,31+,32+/m0/s1. The van der Waals surface area contributed by atoms with Crippen molar-refractivity contribution in [3.8, 4) is 11.5 Å². The van der Waals surface area contributed by atoms with Crippen molar-refractivity contribution < 1.29 is 34.3 Å². The lowest BCUT2D eigenvalue weighted by molar-refractivity contribution is -0.237. The van der Waals surface area contributed by atoms with Crippen molar-refractivity contribution in [1.82, 2.24) is 0 Å². The zero-order valence-corrected chi connectivity index (χ0v) is 23.9. The Morgan fingerprint density at radius 3 is 2.58 bits per heavy atom. The lowest BCUT2D eigenvalue weighted by Crippen LogP contribution is -2.68. The average Bonchev–Trinajstić information content (AvgIpc) is 3.48. The number of carbonyl (C=O) groups excluding carboxylic acids is 1. The molecular weight excluding hydrogens is 510 g/mol. The molecule has 0 aromatic heterocycles. The number of ether oxygens (including phenoxy) is 3. The molecule has 1 heterocycles. The van der Waals surface area contributed by atoms with E-state index in [2.05, 4.69) is 6.92 Å². The van der Waals surface area contributed by atoms with Crippen molar-refractivity contribution in [3.05, 3.63) is 35.4 Å². The van der Waals surface area contributed by atoms with Gasteiger partial charge in [-0.3, -0.25) is 4.99 Å². The minimum atomic E-state index is -1.08. The zero-order chi connectivity index (χ0) is 28.3. The van der Waals surface area contributed by atoms with E-state index in [0.717, 1.165) is 30.4 Å². The molecule has 1 aliphatic heterocycles. The molecule has 4 fully saturated rings. The molecule has 0 bridgehead atoms. The molecule has 218 valence electrons. The lowest BCUT2D eigenvalue weighted by atomic mass is 9.41. The summed E-state index contributed by atoms with van der Waals surface area (Å²) in [5.41, 5.74) is -1.06. The summed E-state index contributed by atoms with van der Waals surface area (Å²) in [4.78, 5) is 16.8. The highest BCUT2D eigenvalue weighted by atomic mass is 16.5. The Morgan fingerprint density at radius 1 is 1.05 bits per heavy atom. The number of esters is 1. The maximum absolute atomic E-state index is 12.6. The van der Waals surface area contributed by atoms with Crippen LogP contribution in [0.1, 0.15) is 70.3 Å². The fraction of sp³-hybridized carbons (Fsp3) is 0.688. The Morgan fingerprint density at radius 2 is 1.85 bits per heavy atom. The van der Waals surface area contributed by atoms with E-state index in [1.165, 1.54) is 0 Å². The summed E-state index contributed by atoms with van der Waals surface area (Å²) in [6.45, 7) is 2.90. The van der Waals surface area contributed by atoms with Crippen molar-refractivity contribution in [3.63, 3.8) is 0 Å². The van der Waals surface area contributed by atoms with E-state index in [1.54, 1.807) is 20.3 Å². The Hall–Kier alpha value is -2.42. The predicted octanol–water partition coefficient (Wildman–Crippen LogP) is 3.99. The molecule has 1 aromatic carbocycles. The summed E-state index contributed by atoms with van der Waals surface area (Å²) < 4.78 is 16.3. The van der Waals surface area contributed by atoms with Gasteiger partial charge in [0.15, 0.2) is 11.5 Å². The van der Waals surface area contributed by atoms with Crippen LogP contribution in [-0.4, -0.2) is 65.6 Å². The van der Waals surface area contributed by atoms with Gasteiger partial charge in [-0.25, -0.2) is 4.79 Å². The zero-order valence-electron chi connectivity index (χ0n) is 23.9. The number of aliphatic hydroxyl groups excluding tert-OH is 1. The highest BCUT2D eigenvalue weighted by Crippen LogP contribution is 2.70. The maximum atomic E-state index is 12.6. The van der Waals surface area contributed by atoms with E-state index in [0.29, 0.717) is 63.2 Å². The number of cyclic esters (lactones) is 1. The van der Waals surface area contributed by atoms with Gasteiger partial charge < -0.3 is 29.5 Å². The van der Waals surface area contributed by atoms with Crippen LogP contribution in [0.2, 0.25) is 0 Å². The highest BCUT2D eigenvalue weighted by molar-refractivity contribution is 5.85. The summed E-state index contributed by atoms with van der Waals surface area (Å²) in [7, 11) is 3.23. The van der Waals surface area contributed by atoms with Crippen molar-refractivity contribution >= 4 is 12.2 Å². The normalized spacial score (nSPS) is 42.5. The van der Waals surface area contributed by atoms with Crippen LogP contribution in [0.25, 0.3) is 0 Å². The predicted molar refractivity (Wildman–Crippen MR) is 149 cm³/mol. The van der Waals surface area contributed by atoms with Gasteiger partial charge in [-0.2, -0.15) is 0 Å². The van der Waals surface area contributed by atoms with Gasteiger partial charge in [-0.1, -0.05) is 19.1 Å². The van der Waals surface area contributed by atoms with Gasteiger partial charge in [0.1, 0.15) is 6.61 Å². The maximum Gasteiger partial charge on any atom is 0.331 e. The first-order valence-electron chi connectivity index (χ1n) is 14.8. The molecular formula is C32H43NO7. The minimum Gasteiger partial charge on any atom is -0.493 e. The molecule has 40 heavy (non-hydrogen) atoms. The molecule has 4 aliphatic carbocycles. The number of aliphatic imine (C=N–C) groups is 1. The molecule has 8 atom stereocenters. The van der Waals surface area contributed by atoms with Crippen molar-refractivity contribution in [1.29, 1.82) is 0 Å². The quantitative estimate of drug-likeness (QED) is 0.360. The van der Waals surface area contributed by atoms with Crippen LogP contribution in [0.4, 0.5) is 0 Å². The highest BCUT2D eigenvalue weighted by Gasteiger charge is 2.71. The van der Waals surface area contributed by atoms with E-state index in [4.69, 9.17) is 19.2 Å². The van der Waals surface area contributed by atoms with E-state index >= 15 is 0 Å². The first-order chi connectivity index (χ1) is 19.1. The number of aliphatic hydroxyl groups is 3. The van der Waals surface area contributed by atoms with Crippen LogP contribution >= 0.6 is 0 Å². The van der Waals surface area contributed by atoms with Gasteiger partial charge in [0.05, 0.1) is 38.1 Å². The van der Waals surface area contributed by atoms with Gasteiger partial charge in [-0.05, 0) is 80.8 Å². The smallest absolute Gasteiger partial charge is 0.331 e. The van der Waals surface area contributed by atoms with Crippen LogP contribution < -0.4 is 9.47 Å². The Labute approximate surface area is 236 Å². The number of carbonyl (C=O) groups is 1. The molecule has 0 unspecified atom stereocenters. The number of nitrogens with zero attached hydrogens (tertiary/aromatic N) is 1. The molecule has 5 aliphatic rings. The fourth-order valence-corrected chi connectivity index (χ4v) is 9.75. The van der Waals surface area contributed by atoms with Crippen LogP contribution in [0.5, 0.6) is 11.5 Å². The van der Waals surface area contributed by atoms with E-state index in [1.807, 2.05) is 24.4 Å². The molecule has 3 N–H and O–H groups in total. The van der Waals surface area contributed by atoms with E-state index in [-0.39, 0.29) is 29.1 Å². The molecule has 0 spiro atoms. The number of methoxy groups -OCH3 is 2. The molecule has 6 rings (SSSR count). The average molecular weight is 554 g/mol. The molecule has 0 radical (unpaired) electrons. The van der Waals surface area contributed by atoms with Crippen LogP contribution in [0.3, 0.4) is 0 Å². The molecule has 8 nitrogen and oxygen atoms in total. The second-order valence-corrected chi connectivity index (χ2v) is 13.1. The third kappa shape index (κ3) is 3.89. The van der Waals surface area contributed by atoms with Crippen LogP contribution in [0.15, 0.2) is 34.8 Å². The summed E-state index contributed by atoms with van der Waals surface area (Å²) in [5.74, 6) is 1.18. The monoisotopic (exact) mass is 553 g/mol. The second-order valence-electron chi connectivity index (χ2n) is 13.1. The number of para-hydroxylation sites is 1. The summed E-state index contributed by atoms with van der Waals surface area (Å²) in [6.07, 6.45) is 9.04. The third-order valence-corrected chi connectivity index (χ3v) is 11.7. The molecule has 8 heteroatoms. The summed E-state index contributed by atoms with van der Waals surface area (Å²) in [6, 6.07) is 5.74. The van der Waals surface area contributed by atoms with Crippen molar-refractivity contribution in [2.45, 2.75) is 88.6 Å². The lowest BCUT2D eigenvalue weighted by Gasteiger charge is -2.65. The van der Waals surface area contributed by atoms with Gasteiger partial charge in [-0.15, -0.1) is 0 Å². The van der Waals surface area contributed by atoms with Crippen LogP contribution in [-0.2, 0) is 16.1 Å². The Kier molecular flexibility index (Phi) is 6.83. The second kappa shape index (κ2) is 9.85. The van der Waals surface area contributed by atoms with E-state index < -0.39 is 22.7 Å².